The lowest BCUT2D eigenvalue weighted by atomic mass is 9.84. The number of hydrogen-bond donors (Lipinski definition) is 3. The molecule has 1 atom stereocenters. The molecule has 1 aromatic carbocycles. The van der Waals surface area contributed by atoms with Crippen molar-refractivity contribution < 1.29 is 13.0 Å². The summed E-state index contributed by atoms with van der Waals surface area (Å²) in [5.74, 6) is 0. The van der Waals surface area contributed by atoms with E-state index >= 15 is 0 Å². The molecule has 2 rings (SSSR count). The second-order valence-corrected chi connectivity index (χ2v) is 5.48. The molecule has 110 valence electrons. The van der Waals surface area contributed by atoms with Gasteiger partial charge in [0, 0.05) is 2.74 Å². The fraction of sp³-hybridized carbons (Fsp3) is 0.529. The number of hydrogen-bond acceptors (Lipinski definition) is 3. The van der Waals surface area contributed by atoms with E-state index in [1.54, 1.807) is 18.2 Å². The minimum atomic E-state index is -1.86. The number of aliphatic hydroxyl groups is 2. The molecular weight excluding hydrogens is 250 g/mol. The zero-order chi connectivity index (χ0) is 16.2. The maximum Gasteiger partial charge on any atom is 0.0830 e. The molecule has 1 fully saturated rings. The van der Waals surface area contributed by atoms with Gasteiger partial charge in [0.15, 0.2) is 0 Å². The first-order chi connectivity index (χ1) is 10.4. The summed E-state index contributed by atoms with van der Waals surface area (Å²) in [6.07, 6.45) is 5.36. The molecule has 0 radical (unpaired) electrons. The van der Waals surface area contributed by atoms with E-state index in [9.17, 15) is 10.2 Å². The predicted octanol–water partition coefficient (Wildman–Crippen LogP) is 2.78. The Kier molecular flexibility index (Phi) is 4.41. The molecule has 20 heavy (non-hydrogen) atoms. The fourth-order valence-electron chi connectivity index (χ4n) is 2.64. The third-order valence-corrected chi connectivity index (χ3v) is 3.84. The van der Waals surface area contributed by atoms with Crippen molar-refractivity contribution in [3.05, 3.63) is 41.5 Å². The molecule has 0 aromatic heterocycles. The van der Waals surface area contributed by atoms with Gasteiger partial charge < -0.3 is 15.9 Å². The van der Waals surface area contributed by atoms with E-state index in [1.807, 2.05) is 18.2 Å². The lowest BCUT2D eigenvalue weighted by Gasteiger charge is -2.28. The highest BCUT2D eigenvalue weighted by molar-refractivity contribution is 5.52. The summed E-state index contributed by atoms with van der Waals surface area (Å²) in [5.41, 5.74) is 5.97. The molecule has 0 aliphatic heterocycles. The smallest absolute Gasteiger partial charge is 0.0830 e. The first kappa shape index (κ1) is 12.6. The van der Waals surface area contributed by atoms with Gasteiger partial charge in [-0.1, -0.05) is 49.6 Å². The third-order valence-electron chi connectivity index (χ3n) is 3.84. The van der Waals surface area contributed by atoms with Crippen LogP contribution >= 0.6 is 0 Å². The van der Waals surface area contributed by atoms with Gasteiger partial charge in [-0.05, 0) is 43.0 Å². The number of nitrogens with two attached hydrogens (primary N) is 1. The van der Waals surface area contributed by atoms with Gasteiger partial charge in [0.25, 0.3) is 0 Å². The predicted molar refractivity (Wildman–Crippen MR) is 82.1 cm³/mol. The standard InChI is InChI=1S/C17H25NO2/c18-12-8-16(19)15-6-4-5-14(13-15)7-11-17(20)9-2-1-3-10-17/h4-7,11,13,16,19-20H,1-3,8-10,12,18H2/i8D2. The Morgan fingerprint density at radius 3 is 2.80 bits per heavy atom. The van der Waals surface area contributed by atoms with Crippen LogP contribution in [0.4, 0.5) is 0 Å². The molecule has 1 aromatic rings. The van der Waals surface area contributed by atoms with E-state index in [4.69, 9.17) is 8.48 Å². The van der Waals surface area contributed by atoms with Crippen LogP contribution in [0, 0.1) is 0 Å². The highest BCUT2D eigenvalue weighted by Crippen LogP contribution is 2.30. The maximum atomic E-state index is 10.5. The van der Waals surface area contributed by atoms with Gasteiger partial charge in [0.2, 0.25) is 0 Å². The van der Waals surface area contributed by atoms with E-state index in [-0.39, 0.29) is 6.54 Å². The fourth-order valence-corrected chi connectivity index (χ4v) is 2.64. The molecule has 0 bridgehead atoms. The Labute approximate surface area is 123 Å². The average Bonchev–Trinajstić information content (AvgIpc) is 2.53. The minimum Gasteiger partial charge on any atom is -0.388 e. The Morgan fingerprint density at radius 2 is 2.10 bits per heavy atom. The van der Waals surface area contributed by atoms with Crippen molar-refractivity contribution in [2.45, 2.75) is 50.2 Å². The van der Waals surface area contributed by atoms with Gasteiger partial charge in [0.05, 0.1) is 11.7 Å². The van der Waals surface area contributed by atoms with Crippen LogP contribution < -0.4 is 5.73 Å². The van der Waals surface area contributed by atoms with Gasteiger partial charge in [-0.3, -0.25) is 0 Å². The van der Waals surface area contributed by atoms with Crippen LogP contribution in [0.5, 0.6) is 0 Å². The first-order valence-electron chi connectivity index (χ1n) is 8.26. The molecule has 0 saturated heterocycles. The largest absolute Gasteiger partial charge is 0.388 e. The van der Waals surface area contributed by atoms with E-state index in [0.717, 1.165) is 31.2 Å². The lowest BCUT2D eigenvalue weighted by Crippen LogP contribution is -2.28. The van der Waals surface area contributed by atoms with Crippen LogP contribution in [0.15, 0.2) is 30.3 Å². The molecular formula is C17H25NO2. The zero-order valence-electron chi connectivity index (χ0n) is 13.8. The molecule has 3 nitrogen and oxygen atoms in total. The average molecular weight is 277 g/mol. The van der Waals surface area contributed by atoms with Crippen LogP contribution in [0.3, 0.4) is 0 Å². The van der Waals surface area contributed by atoms with Gasteiger partial charge in [-0.25, -0.2) is 0 Å². The van der Waals surface area contributed by atoms with Crippen molar-refractivity contribution in [1.82, 2.24) is 0 Å². The van der Waals surface area contributed by atoms with Crippen LogP contribution in [0.1, 0.15) is 58.4 Å². The lowest BCUT2D eigenvalue weighted by molar-refractivity contribution is 0.0521. The molecule has 4 N–H and O–H groups in total. The summed E-state index contributed by atoms with van der Waals surface area (Å²) in [7, 11) is 0. The molecule has 0 spiro atoms. The Morgan fingerprint density at radius 1 is 1.35 bits per heavy atom. The van der Waals surface area contributed by atoms with Crippen molar-refractivity contribution in [3.8, 4) is 0 Å². The van der Waals surface area contributed by atoms with Crippen LogP contribution in [0.25, 0.3) is 6.08 Å². The summed E-state index contributed by atoms with van der Waals surface area (Å²) in [5, 5.41) is 20.6. The maximum absolute atomic E-state index is 10.5. The van der Waals surface area contributed by atoms with Crippen molar-refractivity contribution in [2.24, 2.45) is 5.73 Å². The van der Waals surface area contributed by atoms with E-state index in [1.165, 1.54) is 6.42 Å². The summed E-state index contributed by atoms with van der Waals surface area (Å²) in [6.45, 7) is -0.242. The highest BCUT2D eigenvalue weighted by atomic mass is 16.3. The summed E-state index contributed by atoms with van der Waals surface area (Å²) < 4.78 is 15.4. The molecule has 1 saturated carbocycles. The molecule has 1 aliphatic carbocycles. The van der Waals surface area contributed by atoms with Crippen LogP contribution in [-0.4, -0.2) is 22.4 Å². The topological polar surface area (TPSA) is 66.5 Å². The van der Waals surface area contributed by atoms with Crippen molar-refractivity contribution in [1.29, 1.82) is 0 Å². The summed E-state index contributed by atoms with van der Waals surface area (Å²) in [6, 6.07) is 7.07. The Bertz CT molecular complexity index is 525. The molecule has 1 aliphatic rings. The van der Waals surface area contributed by atoms with Crippen LogP contribution in [0.2, 0.25) is 0 Å². The molecule has 0 heterocycles. The minimum absolute atomic E-state index is 0.242. The molecule has 1 unspecified atom stereocenters. The third kappa shape index (κ3) is 4.17. The van der Waals surface area contributed by atoms with E-state index < -0.39 is 18.1 Å². The quantitative estimate of drug-likeness (QED) is 0.775. The van der Waals surface area contributed by atoms with Crippen molar-refractivity contribution in [2.75, 3.05) is 6.54 Å². The highest BCUT2D eigenvalue weighted by Gasteiger charge is 2.25. The second-order valence-electron chi connectivity index (χ2n) is 5.48. The number of rotatable bonds is 5. The Hall–Kier alpha value is -1.16. The summed E-state index contributed by atoms with van der Waals surface area (Å²) in [4.78, 5) is 0. The van der Waals surface area contributed by atoms with E-state index in [2.05, 4.69) is 0 Å². The van der Waals surface area contributed by atoms with Gasteiger partial charge in [-0.15, -0.1) is 0 Å². The van der Waals surface area contributed by atoms with E-state index in [0.29, 0.717) is 5.56 Å². The Balaban J connectivity index is 2.15. The normalized spacial score (nSPS) is 22.4. The van der Waals surface area contributed by atoms with Crippen molar-refractivity contribution >= 4 is 6.08 Å². The molecule has 0 amide bonds. The second kappa shape index (κ2) is 7.02. The van der Waals surface area contributed by atoms with Gasteiger partial charge in [0.1, 0.15) is 0 Å². The molecule has 3 heteroatoms. The van der Waals surface area contributed by atoms with Crippen LogP contribution in [-0.2, 0) is 0 Å². The zero-order valence-corrected chi connectivity index (χ0v) is 11.8. The number of aliphatic hydroxyl groups excluding tert-OH is 1. The van der Waals surface area contributed by atoms with Crippen molar-refractivity contribution in [3.63, 3.8) is 0 Å². The van der Waals surface area contributed by atoms with Gasteiger partial charge >= 0.3 is 0 Å². The SMILES string of the molecule is [2H]C([2H])(CN)C(O)c1cccc(C=CC2(O)CCCCC2)c1. The summed E-state index contributed by atoms with van der Waals surface area (Å²) >= 11 is 0. The number of benzene rings is 1. The first-order valence-corrected chi connectivity index (χ1v) is 7.26. The monoisotopic (exact) mass is 277 g/mol. The van der Waals surface area contributed by atoms with Gasteiger partial charge in [-0.2, -0.15) is 0 Å².